The molecule has 0 saturated carbocycles. The van der Waals surface area contributed by atoms with Gasteiger partial charge in [0.1, 0.15) is 23.9 Å². The van der Waals surface area contributed by atoms with Crippen LogP contribution in [0, 0.1) is 0 Å². The summed E-state index contributed by atoms with van der Waals surface area (Å²) in [5, 5.41) is 35.6. The van der Waals surface area contributed by atoms with Gasteiger partial charge < -0.3 is 48.5 Å². The molecule has 0 aliphatic carbocycles. The molecular formula is C22H35N7O7. The number of phenols is 1. The van der Waals surface area contributed by atoms with Gasteiger partial charge in [-0.25, -0.2) is 0 Å². The van der Waals surface area contributed by atoms with Gasteiger partial charge in [-0.2, -0.15) is 0 Å². The maximum atomic E-state index is 13.1. The Balaban J connectivity index is 3.00. The monoisotopic (exact) mass is 509 g/mol. The molecule has 14 nitrogen and oxygen atoms in total. The highest BCUT2D eigenvalue weighted by atomic mass is 16.4. The molecule has 0 aliphatic heterocycles. The molecule has 5 atom stereocenters. The van der Waals surface area contributed by atoms with E-state index in [0.717, 1.165) is 0 Å². The zero-order valence-corrected chi connectivity index (χ0v) is 20.2. The summed E-state index contributed by atoms with van der Waals surface area (Å²) < 4.78 is 0. The van der Waals surface area contributed by atoms with Crippen molar-refractivity contribution in [2.45, 2.75) is 63.4 Å². The van der Waals surface area contributed by atoms with E-state index < -0.39 is 54.0 Å². The van der Waals surface area contributed by atoms with E-state index in [2.05, 4.69) is 20.9 Å². The average Bonchev–Trinajstić information content (AvgIpc) is 2.80. The van der Waals surface area contributed by atoms with E-state index in [4.69, 9.17) is 22.3 Å². The molecule has 36 heavy (non-hydrogen) atoms. The van der Waals surface area contributed by atoms with Crippen LogP contribution in [0.3, 0.4) is 0 Å². The summed E-state index contributed by atoms with van der Waals surface area (Å²) in [5.74, 6) is -3.76. The number of aliphatic hydroxyl groups is 1. The van der Waals surface area contributed by atoms with Gasteiger partial charge in [0.25, 0.3) is 0 Å². The Labute approximate surface area is 208 Å². The third-order valence-corrected chi connectivity index (χ3v) is 5.11. The van der Waals surface area contributed by atoms with Crippen LogP contribution in [-0.4, -0.2) is 81.8 Å². The second-order valence-corrected chi connectivity index (χ2v) is 8.28. The van der Waals surface area contributed by atoms with Crippen molar-refractivity contribution < 1.29 is 34.5 Å². The van der Waals surface area contributed by atoms with Gasteiger partial charge in [-0.3, -0.25) is 24.2 Å². The molecule has 1 rings (SSSR count). The number of carbonyl (C=O) groups is 4. The maximum Gasteiger partial charge on any atom is 0.325 e. The first-order valence-corrected chi connectivity index (χ1v) is 11.2. The third kappa shape index (κ3) is 10.6. The number of aliphatic imine (C=N–C) groups is 1. The second kappa shape index (κ2) is 14.5. The van der Waals surface area contributed by atoms with E-state index in [1.807, 2.05) is 0 Å². The van der Waals surface area contributed by atoms with Gasteiger partial charge >= 0.3 is 5.97 Å². The Morgan fingerprint density at radius 1 is 0.972 bits per heavy atom. The number of hydrogen-bond donors (Lipinski definition) is 9. The molecule has 0 bridgehead atoms. The first-order valence-electron chi connectivity index (χ1n) is 11.2. The highest BCUT2D eigenvalue weighted by Gasteiger charge is 2.32. The van der Waals surface area contributed by atoms with Crippen LogP contribution in [0.1, 0.15) is 32.3 Å². The number of carboxylic acids is 1. The lowest BCUT2D eigenvalue weighted by atomic mass is 10.0. The fourth-order valence-electron chi connectivity index (χ4n) is 3.03. The Bertz CT molecular complexity index is 933. The zero-order chi connectivity index (χ0) is 27.4. The summed E-state index contributed by atoms with van der Waals surface area (Å²) in [4.78, 5) is 53.1. The van der Waals surface area contributed by atoms with Crippen molar-refractivity contribution in [2.24, 2.45) is 22.2 Å². The maximum absolute atomic E-state index is 13.1. The van der Waals surface area contributed by atoms with E-state index in [1.54, 1.807) is 12.1 Å². The molecule has 14 heteroatoms. The summed E-state index contributed by atoms with van der Waals surface area (Å²) in [7, 11) is 0. The normalized spacial score (nSPS) is 14.9. The number of guanidine groups is 1. The molecule has 0 aromatic heterocycles. The van der Waals surface area contributed by atoms with Gasteiger partial charge in [0.15, 0.2) is 5.96 Å². The Morgan fingerprint density at radius 3 is 2.11 bits per heavy atom. The van der Waals surface area contributed by atoms with Crippen LogP contribution in [0.4, 0.5) is 0 Å². The minimum Gasteiger partial charge on any atom is -0.508 e. The molecule has 1 aromatic rings. The molecule has 0 fully saturated rings. The van der Waals surface area contributed by atoms with E-state index >= 15 is 0 Å². The van der Waals surface area contributed by atoms with Crippen LogP contribution in [0.15, 0.2) is 29.3 Å². The predicted molar refractivity (Wildman–Crippen MR) is 130 cm³/mol. The zero-order valence-electron chi connectivity index (χ0n) is 20.2. The molecular weight excluding hydrogens is 474 g/mol. The van der Waals surface area contributed by atoms with Crippen molar-refractivity contribution in [2.75, 3.05) is 6.54 Å². The summed E-state index contributed by atoms with van der Waals surface area (Å²) in [6.45, 7) is 2.74. The molecule has 1 aromatic carbocycles. The third-order valence-electron chi connectivity index (χ3n) is 5.11. The lowest BCUT2D eigenvalue weighted by Gasteiger charge is -2.26. The van der Waals surface area contributed by atoms with E-state index in [9.17, 15) is 29.4 Å². The fourth-order valence-corrected chi connectivity index (χ4v) is 3.03. The number of nitrogens with two attached hydrogens (primary N) is 3. The lowest BCUT2D eigenvalue weighted by molar-refractivity contribution is -0.142. The number of carboxylic acid groups (broad SMARTS) is 1. The van der Waals surface area contributed by atoms with Gasteiger partial charge in [-0.1, -0.05) is 12.1 Å². The number of nitrogens with zero attached hydrogens (tertiary/aromatic N) is 1. The van der Waals surface area contributed by atoms with Gasteiger partial charge in [-0.05, 0) is 44.4 Å². The average molecular weight is 510 g/mol. The van der Waals surface area contributed by atoms with Crippen molar-refractivity contribution in [3.63, 3.8) is 0 Å². The molecule has 0 aliphatic rings. The number of amides is 3. The number of rotatable bonds is 14. The van der Waals surface area contributed by atoms with Crippen molar-refractivity contribution >= 4 is 29.7 Å². The molecule has 5 unspecified atom stereocenters. The van der Waals surface area contributed by atoms with Gasteiger partial charge in [0.05, 0.1) is 12.1 Å². The summed E-state index contributed by atoms with van der Waals surface area (Å²) in [6.07, 6.45) is -0.772. The number of phenolic OH excluding ortho intramolecular Hbond substituents is 1. The van der Waals surface area contributed by atoms with Crippen molar-refractivity contribution in [3.05, 3.63) is 29.8 Å². The van der Waals surface area contributed by atoms with Crippen LogP contribution in [0.25, 0.3) is 0 Å². The topological polar surface area (TPSA) is 255 Å². The van der Waals surface area contributed by atoms with Crippen molar-refractivity contribution in [1.82, 2.24) is 16.0 Å². The van der Waals surface area contributed by atoms with Gasteiger partial charge in [-0.15, -0.1) is 0 Å². The predicted octanol–water partition coefficient (Wildman–Crippen LogP) is -2.74. The SMILES string of the molecule is CC(NC(=O)C(NC(=O)C(Cc1ccc(O)cc1)NC(=O)C(N)CCCN=C(N)N)C(C)O)C(=O)O. The standard InChI is InChI=1S/C22H35N7O7/c1-11(21(35)36)27-20(34)17(12(2)30)29-19(33)16(10-13-5-7-14(31)8-6-13)28-18(32)15(23)4-3-9-26-22(24)25/h5-8,11-12,15-17,30-31H,3-4,9-10,23H2,1-2H3,(H,27,34)(H,28,32)(H,29,33)(H,35,36)(H4,24,25,26). The highest BCUT2D eigenvalue weighted by molar-refractivity contribution is 5.94. The molecule has 12 N–H and O–H groups in total. The molecule has 200 valence electrons. The smallest absolute Gasteiger partial charge is 0.325 e. The number of aliphatic carboxylic acids is 1. The first kappa shape index (κ1) is 30.1. The lowest BCUT2D eigenvalue weighted by Crippen LogP contribution is -2.60. The first-order chi connectivity index (χ1) is 16.8. The molecule has 0 heterocycles. The number of nitrogens with one attached hydrogen (secondary N) is 3. The number of aromatic hydroxyl groups is 1. The van der Waals surface area contributed by atoms with Crippen LogP contribution >= 0.6 is 0 Å². The van der Waals surface area contributed by atoms with Gasteiger partial charge in [0, 0.05) is 13.0 Å². The number of benzene rings is 1. The van der Waals surface area contributed by atoms with Gasteiger partial charge in [0.2, 0.25) is 17.7 Å². The second-order valence-electron chi connectivity index (χ2n) is 8.28. The Kier molecular flexibility index (Phi) is 12.1. The molecule has 0 radical (unpaired) electrons. The van der Waals surface area contributed by atoms with Crippen molar-refractivity contribution in [3.8, 4) is 5.75 Å². The molecule has 0 spiro atoms. The fraction of sp³-hybridized carbons (Fsp3) is 0.500. The van der Waals surface area contributed by atoms with Crippen LogP contribution in [0.2, 0.25) is 0 Å². The van der Waals surface area contributed by atoms with Crippen LogP contribution in [-0.2, 0) is 25.6 Å². The summed E-state index contributed by atoms with van der Waals surface area (Å²) >= 11 is 0. The highest BCUT2D eigenvalue weighted by Crippen LogP contribution is 2.12. The minimum absolute atomic E-state index is 0.00461. The van der Waals surface area contributed by atoms with Crippen LogP contribution in [0.5, 0.6) is 5.75 Å². The largest absolute Gasteiger partial charge is 0.508 e. The van der Waals surface area contributed by atoms with Crippen LogP contribution < -0.4 is 33.2 Å². The minimum atomic E-state index is -1.49. The summed E-state index contributed by atoms with van der Waals surface area (Å²) in [5.41, 5.74) is 17.0. The number of hydrogen-bond acceptors (Lipinski definition) is 8. The Morgan fingerprint density at radius 2 is 1.58 bits per heavy atom. The molecule has 3 amide bonds. The Hall–Kier alpha value is -3.91. The van der Waals surface area contributed by atoms with E-state index in [0.29, 0.717) is 12.0 Å². The summed E-state index contributed by atoms with van der Waals surface area (Å²) in [6, 6.07) is 0.946. The van der Waals surface area contributed by atoms with E-state index in [-0.39, 0.29) is 31.1 Å². The van der Waals surface area contributed by atoms with Crippen molar-refractivity contribution in [1.29, 1.82) is 0 Å². The van der Waals surface area contributed by atoms with E-state index in [1.165, 1.54) is 26.0 Å². The quantitative estimate of drug-likeness (QED) is 0.0709. The molecule has 0 saturated heterocycles. The number of carbonyl (C=O) groups excluding carboxylic acids is 3. The number of aliphatic hydroxyl groups excluding tert-OH is 1.